The van der Waals surface area contributed by atoms with Crippen molar-refractivity contribution in [1.29, 1.82) is 0 Å². The van der Waals surface area contributed by atoms with Crippen LogP contribution in [0.2, 0.25) is 0 Å². The number of halogens is 2. The Morgan fingerprint density at radius 2 is 2.15 bits per heavy atom. The van der Waals surface area contributed by atoms with Gasteiger partial charge in [0.1, 0.15) is 5.65 Å². The van der Waals surface area contributed by atoms with Crippen LogP contribution in [-0.2, 0) is 0 Å². The number of rotatable bonds is 0. The van der Waals surface area contributed by atoms with Gasteiger partial charge in [-0.3, -0.25) is 0 Å². The lowest BCUT2D eigenvalue weighted by Crippen LogP contribution is -1.94. The van der Waals surface area contributed by atoms with Gasteiger partial charge in [-0.15, -0.1) is 12.4 Å². The molecule has 0 aromatic carbocycles. The van der Waals surface area contributed by atoms with Crippen LogP contribution in [-0.4, -0.2) is 9.38 Å². The minimum Gasteiger partial charge on any atom is -0.395 e. The van der Waals surface area contributed by atoms with Crippen LogP contribution in [0.1, 0.15) is 5.69 Å². The van der Waals surface area contributed by atoms with Crippen LogP contribution in [0, 0.1) is 12.7 Å². The molecule has 13 heavy (non-hydrogen) atoms. The summed E-state index contributed by atoms with van der Waals surface area (Å²) in [5.74, 6) is -0.423. The van der Waals surface area contributed by atoms with Gasteiger partial charge in [-0.25, -0.2) is 9.37 Å². The van der Waals surface area contributed by atoms with Gasteiger partial charge < -0.3 is 10.1 Å². The van der Waals surface area contributed by atoms with Gasteiger partial charge >= 0.3 is 0 Å². The molecule has 0 aliphatic rings. The largest absolute Gasteiger partial charge is 0.395 e. The van der Waals surface area contributed by atoms with E-state index in [0.29, 0.717) is 5.65 Å². The third kappa shape index (κ3) is 1.58. The number of pyridine rings is 1. The standard InChI is InChI=1S/C8H8FN3.ClH/c1-5-3-12-4-7(10)6(9)2-8(12)11-5;/h2-4H,10H2,1H3;1H. The molecule has 5 heteroatoms. The summed E-state index contributed by atoms with van der Waals surface area (Å²) < 4.78 is 14.6. The summed E-state index contributed by atoms with van der Waals surface area (Å²) in [5, 5.41) is 0. The fourth-order valence-electron chi connectivity index (χ4n) is 1.15. The van der Waals surface area contributed by atoms with E-state index >= 15 is 0 Å². The Hall–Kier alpha value is -1.29. The third-order valence-electron chi connectivity index (χ3n) is 1.69. The van der Waals surface area contributed by atoms with Crippen LogP contribution >= 0.6 is 12.4 Å². The van der Waals surface area contributed by atoms with E-state index in [0.717, 1.165) is 5.69 Å². The molecule has 0 atom stereocenters. The number of hydrogen-bond donors (Lipinski definition) is 1. The van der Waals surface area contributed by atoms with Crippen LogP contribution in [0.5, 0.6) is 0 Å². The molecular formula is C8H9ClFN3. The van der Waals surface area contributed by atoms with E-state index in [-0.39, 0.29) is 18.1 Å². The zero-order valence-corrected chi connectivity index (χ0v) is 7.81. The third-order valence-corrected chi connectivity index (χ3v) is 1.69. The molecule has 2 aromatic heterocycles. The van der Waals surface area contributed by atoms with E-state index in [4.69, 9.17) is 5.73 Å². The van der Waals surface area contributed by atoms with Crippen molar-refractivity contribution >= 4 is 23.7 Å². The Morgan fingerprint density at radius 1 is 1.46 bits per heavy atom. The normalized spacial score (nSPS) is 10.0. The highest BCUT2D eigenvalue weighted by Gasteiger charge is 2.02. The Morgan fingerprint density at radius 3 is 2.85 bits per heavy atom. The van der Waals surface area contributed by atoms with Gasteiger partial charge in [0.15, 0.2) is 5.82 Å². The topological polar surface area (TPSA) is 43.3 Å². The van der Waals surface area contributed by atoms with Crippen molar-refractivity contribution in [2.75, 3.05) is 5.73 Å². The van der Waals surface area contributed by atoms with E-state index in [2.05, 4.69) is 4.98 Å². The molecule has 0 aliphatic carbocycles. The van der Waals surface area contributed by atoms with E-state index in [1.807, 2.05) is 6.92 Å². The Balaban J connectivity index is 0.000000845. The maximum Gasteiger partial charge on any atom is 0.151 e. The molecule has 0 saturated carbocycles. The van der Waals surface area contributed by atoms with Crippen molar-refractivity contribution in [3.8, 4) is 0 Å². The van der Waals surface area contributed by atoms with Crippen molar-refractivity contribution in [2.24, 2.45) is 0 Å². The van der Waals surface area contributed by atoms with Gasteiger partial charge in [-0.2, -0.15) is 0 Å². The molecule has 70 valence electrons. The highest BCUT2D eigenvalue weighted by atomic mass is 35.5. The Kier molecular flexibility index (Phi) is 2.43. The molecule has 0 fully saturated rings. The maximum absolute atomic E-state index is 12.9. The molecular weight excluding hydrogens is 193 g/mol. The van der Waals surface area contributed by atoms with Gasteiger partial charge in [-0.05, 0) is 6.92 Å². The first-order chi connectivity index (χ1) is 5.66. The minimum atomic E-state index is -0.423. The average Bonchev–Trinajstić information content (AvgIpc) is 2.30. The first-order valence-electron chi connectivity index (χ1n) is 3.57. The fraction of sp³-hybridized carbons (Fsp3) is 0.125. The molecule has 2 rings (SSSR count). The highest BCUT2D eigenvalue weighted by molar-refractivity contribution is 5.85. The second-order valence-corrected chi connectivity index (χ2v) is 2.72. The van der Waals surface area contributed by atoms with Gasteiger partial charge in [0.2, 0.25) is 0 Å². The van der Waals surface area contributed by atoms with Crippen LogP contribution in [0.15, 0.2) is 18.5 Å². The molecule has 2 N–H and O–H groups in total. The van der Waals surface area contributed by atoms with Crippen molar-refractivity contribution in [3.05, 3.63) is 30.0 Å². The van der Waals surface area contributed by atoms with Crippen LogP contribution in [0.3, 0.4) is 0 Å². The monoisotopic (exact) mass is 201 g/mol. The molecule has 0 amide bonds. The van der Waals surface area contributed by atoms with Crippen LogP contribution in [0.25, 0.3) is 5.65 Å². The van der Waals surface area contributed by atoms with E-state index < -0.39 is 5.82 Å². The summed E-state index contributed by atoms with van der Waals surface area (Å²) >= 11 is 0. The second-order valence-electron chi connectivity index (χ2n) is 2.72. The molecule has 0 unspecified atom stereocenters. The molecule has 0 bridgehead atoms. The maximum atomic E-state index is 12.9. The molecule has 0 spiro atoms. The average molecular weight is 202 g/mol. The number of aromatic nitrogens is 2. The SMILES string of the molecule is Cc1cn2cc(N)c(F)cc2n1.Cl. The summed E-state index contributed by atoms with van der Waals surface area (Å²) in [5.41, 5.74) is 6.94. The second kappa shape index (κ2) is 3.22. The lowest BCUT2D eigenvalue weighted by atomic mass is 10.4. The summed E-state index contributed by atoms with van der Waals surface area (Å²) in [6.45, 7) is 1.85. The number of anilines is 1. The van der Waals surface area contributed by atoms with Crippen LogP contribution in [0.4, 0.5) is 10.1 Å². The zero-order valence-electron chi connectivity index (χ0n) is 6.99. The molecule has 2 heterocycles. The molecule has 0 aliphatic heterocycles. The summed E-state index contributed by atoms with van der Waals surface area (Å²) in [7, 11) is 0. The molecule has 3 nitrogen and oxygen atoms in total. The number of nitrogens with zero attached hydrogens (tertiary/aromatic N) is 2. The van der Waals surface area contributed by atoms with Gasteiger partial charge in [0.05, 0.1) is 11.4 Å². The lowest BCUT2D eigenvalue weighted by molar-refractivity contribution is 0.631. The first kappa shape index (κ1) is 9.80. The smallest absolute Gasteiger partial charge is 0.151 e. The van der Waals surface area contributed by atoms with E-state index in [9.17, 15) is 4.39 Å². The first-order valence-corrected chi connectivity index (χ1v) is 3.57. The predicted octanol–water partition coefficient (Wildman–Crippen LogP) is 1.79. The van der Waals surface area contributed by atoms with Crippen molar-refractivity contribution < 1.29 is 4.39 Å². The Labute approximate surface area is 80.8 Å². The number of hydrogen-bond acceptors (Lipinski definition) is 2. The van der Waals surface area contributed by atoms with Crippen LogP contribution < -0.4 is 5.73 Å². The molecule has 0 radical (unpaired) electrons. The summed E-state index contributed by atoms with van der Waals surface area (Å²) in [6.07, 6.45) is 3.32. The van der Waals surface area contributed by atoms with E-state index in [1.54, 1.807) is 10.6 Å². The number of nitrogens with two attached hydrogens (primary N) is 1. The quantitative estimate of drug-likeness (QED) is 0.706. The molecule has 2 aromatic rings. The van der Waals surface area contributed by atoms with E-state index in [1.165, 1.54) is 12.3 Å². The number of fused-ring (bicyclic) bond motifs is 1. The number of aryl methyl sites for hydroxylation is 1. The van der Waals surface area contributed by atoms with Crippen molar-refractivity contribution in [3.63, 3.8) is 0 Å². The zero-order chi connectivity index (χ0) is 8.72. The lowest BCUT2D eigenvalue weighted by Gasteiger charge is -1.96. The van der Waals surface area contributed by atoms with Crippen molar-refractivity contribution in [2.45, 2.75) is 6.92 Å². The minimum absolute atomic E-state index is 0. The van der Waals surface area contributed by atoms with Gasteiger partial charge in [0.25, 0.3) is 0 Å². The fourth-order valence-corrected chi connectivity index (χ4v) is 1.15. The molecule has 0 saturated heterocycles. The number of imidazole rings is 1. The summed E-state index contributed by atoms with van der Waals surface area (Å²) in [6, 6.07) is 1.32. The number of nitrogen functional groups attached to an aromatic ring is 1. The highest BCUT2D eigenvalue weighted by Crippen LogP contribution is 2.12. The predicted molar refractivity (Wildman–Crippen MR) is 51.5 cm³/mol. The van der Waals surface area contributed by atoms with Crippen molar-refractivity contribution in [1.82, 2.24) is 9.38 Å². The Bertz CT molecular complexity index is 399. The summed E-state index contributed by atoms with van der Waals surface area (Å²) in [4.78, 5) is 4.08. The van der Waals surface area contributed by atoms with Gasteiger partial charge in [0, 0.05) is 18.5 Å². The van der Waals surface area contributed by atoms with Gasteiger partial charge in [-0.1, -0.05) is 0 Å².